The second kappa shape index (κ2) is 6.17. The van der Waals surface area contributed by atoms with Crippen molar-refractivity contribution in [2.75, 3.05) is 12.4 Å². The van der Waals surface area contributed by atoms with Gasteiger partial charge in [0.2, 0.25) is 0 Å². The molecule has 0 radical (unpaired) electrons. The number of hydrogen-bond acceptors (Lipinski definition) is 4. The first-order valence-electron chi connectivity index (χ1n) is 6.62. The van der Waals surface area contributed by atoms with Gasteiger partial charge >= 0.3 is 0 Å². The Hall–Kier alpha value is -2.69. The normalized spacial score (nSPS) is 12.0. The summed E-state index contributed by atoms with van der Waals surface area (Å²) < 4.78 is 1.69. The Morgan fingerprint density at radius 3 is 2.71 bits per heavy atom. The highest BCUT2D eigenvalue weighted by atomic mass is 16.1. The van der Waals surface area contributed by atoms with E-state index in [0.717, 1.165) is 11.4 Å². The summed E-state index contributed by atoms with van der Waals surface area (Å²) >= 11 is 0. The fourth-order valence-electron chi connectivity index (χ4n) is 1.89. The van der Waals surface area contributed by atoms with Gasteiger partial charge in [-0.1, -0.05) is 30.9 Å². The van der Waals surface area contributed by atoms with E-state index in [1.165, 1.54) is 6.92 Å². The zero-order valence-corrected chi connectivity index (χ0v) is 12.4. The summed E-state index contributed by atoms with van der Waals surface area (Å²) in [7, 11) is 1.79. The highest BCUT2D eigenvalue weighted by Gasteiger charge is 2.11. The molecule has 0 bridgehead atoms. The number of pyridine rings is 1. The standard InChI is InChI=1S/C16H18N4O/c1-5-6-7-8-11(2)16-18-15-10-13(12(3)21)9-14(17-4)20(15)19-16/h5-10,17H,1H2,2-4H3/b7-6-,11-8+. The third-order valence-electron chi connectivity index (χ3n) is 3.05. The second-order valence-corrected chi connectivity index (χ2v) is 4.61. The van der Waals surface area contributed by atoms with E-state index in [1.807, 2.05) is 25.2 Å². The van der Waals surface area contributed by atoms with Crippen molar-refractivity contribution in [2.24, 2.45) is 0 Å². The van der Waals surface area contributed by atoms with Crippen molar-refractivity contribution in [3.05, 3.63) is 54.4 Å². The van der Waals surface area contributed by atoms with E-state index >= 15 is 0 Å². The highest BCUT2D eigenvalue weighted by molar-refractivity contribution is 5.95. The van der Waals surface area contributed by atoms with Crippen molar-refractivity contribution in [2.45, 2.75) is 13.8 Å². The Morgan fingerprint density at radius 2 is 2.10 bits per heavy atom. The molecule has 0 aromatic carbocycles. The number of carbonyl (C=O) groups excluding carboxylic acids is 1. The maximum Gasteiger partial charge on any atom is 0.177 e. The Labute approximate surface area is 123 Å². The lowest BCUT2D eigenvalue weighted by Crippen LogP contribution is -2.03. The number of aromatic nitrogens is 3. The first-order valence-corrected chi connectivity index (χ1v) is 6.62. The molecule has 0 amide bonds. The van der Waals surface area contributed by atoms with Crippen LogP contribution in [-0.4, -0.2) is 27.4 Å². The fraction of sp³-hybridized carbons (Fsp3) is 0.188. The number of allylic oxidation sites excluding steroid dienone is 5. The number of Topliss-reactive ketones (excluding diaryl/α,β-unsaturated/α-hetero) is 1. The molecular formula is C16H18N4O. The Kier molecular flexibility index (Phi) is 4.33. The molecule has 0 aliphatic heterocycles. The predicted molar refractivity (Wildman–Crippen MR) is 85.5 cm³/mol. The lowest BCUT2D eigenvalue weighted by molar-refractivity contribution is 0.101. The number of anilines is 1. The monoisotopic (exact) mass is 282 g/mol. The molecule has 0 aliphatic rings. The van der Waals surface area contributed by atoms with E-state index in [1.54, 1.807) is 29.8 Å². The Bertz CT molecular complexity index is 753. The Balaban J connectivity index is 2.55. The average Bonchev–Trinajstić information content (AvgIpc) is 2.90. The van der Waals surface area contributed by atoms with E-state index < -0.39 is 0 Å². The highest BCUT2D eigenvalue weighted by Crippen LogP contribution is 2.18. The van der Waals surface area contributed by atoms with Gasteiger partial charge in [-0.2, -0.15) is 4.52 Å². The molecule has 108 valence electrons. The van der Waals surface area contributed by atoms with Gasteiger partial charge in [0.15, 0.2) is 17.3 Å². The van der Waals surface area contributed by atoms with E-state index in [9.17, 15) is 4.79 Å². The van der Waals surface area contributed by atoms with Crippen molar-refractivity contribution < 1.29 is 4.79 Å². The number of fused-ring (bicyclic) bond motifs is 1. The molecule has 0 unspecified atom stereocenters. The quantitative estimate of drug-likeness (QED) is 0.676. The van der Waals surface area contributed by atoms with E-state index in [4.69, 9.17) is 0 Å². The summed E-state index contributed by atoms with van der Waals surface area (Å²) in [6.45, 7) is 7.10. The summed E-state index contributed by atoms with van der Waals surface area (Å²) in [5.74, 6) is 1.35. The molecule has 0 aliphatic carbocycles. The molecule has 0 saturated carbocycles. The topological polar surface area (TPSA) is 59.3 Å². The molecule has 2 rings (SSSR count). The minimum absolute atomic E-state index is 0.000250. The second-order valence-electron chi connectivity index (χ2n) is 4.61. The smallest absolute Gasteiger partial charge is 0.177 e. The van der Waals surface area contributed by atoms with E-state index in [-0.39, 0.29) is 5.78 Å². The summed E-state index contributed by atoms with van der Waals surface area (Å²) in [6, 6.07) is 3.51. The van der Waals surface area contributed by atoms with Gasteiger partial charge < -0.3 is 5.32 Å². The summed E-state index contributed by atoms with van der Waals surface area (Å²) in [6.07, 6.45) is 7.35. The van der Waals surface area contributed by atoms with Gasteiger partial charge in [-0.3, -0.25) is 4.79 Å². The van der Waals surface area contributed by atoms with Crippen molar-refractivity contribution in [1.29, 1.82) is 0 Å². The van der Waals surface area contributed by atoms with Gasteiger partial charge in [-0.25, -0.2) is 4.98 Å². The fourth-order valence-corrected chi connectivity index (χ4v) is 1.89. The molecular weight excluding hydrogens is 264 g/mol. The van der Waals surface area contributed by atoms with Crippen LogP contribution in [-0.2, 0) is 0 Å². The minimum atomic E-state index is -0.000250. The van der Waals surface area contributed by atoms with Gasteiger partial charge in [0.25, 0.3) is 0 Å². The van der Waals surface area contributed by atoms with Crippen LogP contribution in [0.5, 0.6) is 0 Å². The van der Waals surface area contributed by atoms with Gasteiger partial charge in [0.1, 0.15) is 5.82 Å². The summed E-state index contributed by atoms with van der Waals surface area (Å²) in [5, 5.41) is 7.50. The van der Waals surface area contributed by atoms with Crippen LogP contribution in [0.25, 0.3) is 11.2 Å². The molecule has 2 aromatic rings. The van der Waals surface area contributed by atoms with Crippen LogP contribution in [0.15, 0.2) is 43.0 Å². The zero-order valence-electron chi connectivity index (χ0n) is 12.4. The number of nitrogens with one attached hydrogen (secondary N) is 1. The number of ketones is 1. The molecule has 21 heavy (non-hydrogen) atoms. The molecule has 0 fully saturated rings. The SMILES string of the molecule is C=C/C=C\C=C(/C)c1nc2cc(C(C)=O)cc(NC)n2n1. The molecule has 0 atom stereocenters. The number of hydrogen-bond donors (Lipinski definition) is 1. The average molecular weight is 282 g/mol. The lowest BCUT2D eigenvalue weighted by Gasteiger charge is -2.04. The van der Waals surface area contributed by atoms with Crippen LogP contribution in [0.3, 0.4) is 0 Å². The lowest BCUT2D eigenvalue weighted by atomic mass is 10.2. The van der Waals surface area contributed by atoms with Crippen molar-refractivity contribution in [1.82, 2.24) is 14.6 Å². The third-order valence-corrected chi connectivity index (χ3v) is 3.05. The predicted octanol–water partition coefficient (Wildman–Crippen LogP) is 3.12. The number of nitrogens with zero attached hydrogens (tertiary/aromatic N) is 3. The molecule has 2 aromatic heterocycles. The van der Waals surface area contributed by atoms with Crippen LogP contribution in [0, 0.1) is 0 Å². The molecule has 0 spiro atoms. The summed E-state index contributed by atoms with van der Waals surface area (Å²) in [5.41, 5.74) is 2.18. The first-order chi connectivity index (χ1) is 10.1. The Morgan fingerprint density at radius 1 is 1.33 bits per heavy atom. The van der Waals surface area contributed by atoms with Crippen LogP contribution >= 0.6 is 0 Å². The third kappa shape index (κ3) is 3.08. The van der Waals surface area contributed by atoms with Gasteiger partial charge in [-0.15, -0.1) is 5.10 Å². The van der Waals surface area contributed by atoms with Crippen LogP contribution in [0.2, 0.25) is 0 Å². The minimum Gasteiger partial charge on any atom is -0.373 e. The molecule has 5 nitrogen and oxygen atoms in total. The molecule has 0 saturated heterocycles. The van der Waals surface area contributed by atoms with Gasteiger partial charge in [0.05, 0.1) is 0 Å². The maximum atomic E-state index is 11.6. The molecule has 5 heteroatoms. The van der Waals surface area contributed by atoms with Crippen LogP contribution in [0.4, 0.5) is 5.82 Å². The first kappa shape index (κ1) is 14.7. The van der Waals surface area contributed by atoms with E-state index in [2.05, 4.69) is 22.0 Å². The van der Waals surface area contributed by atoms with Crippen molar-refractivity contribution in [3.63, 3.8) is 0 Å². The van der Waals surface area contributed by atoms with Gasteiger partial charge in [0, 0.05) is 12.6 Å². The molecule has 2 heterocycles. The molecule has 1 N–H and O–H groups in total. The number of carbonyl (C=O) groups is 1. The van der Waals surface area contributed by atoms with Crippen molar-refractivity contribution in [3.8, 4) is 0 Å². The summed E-state index contributed by atoms with van der Waals surface area (Å²) in [4.78, 5) is 16.0. The zero-order chi connectivity index (χ0) is 15.4. The largest absolute Gasteiger partial charge is 0.373 e. The van der Waals surface area contributed by atoms with Gasteiger partial charge in [-0.05, 0) is 31.6 Å². The van der Waals surface area contributed by atoms with Crippen LogP contribution < -0.4 is 5.32 Å². The van der Waals surface area contributed by atoms with E-state index in [0.29, 0.717) is 17.0 Å². The number of rotatable bonds is 5. The van der Waals surface area contributed by atoms with Crippen molar-refractivity contribution >= 4 is 22.8 Å². The maximum absolute atomic E-state index is 11.6. The van der Waals surface area contributed by atoms with Crippen LogP contribution in [0.1, 0.15) is 30.0 Å².